The number of ether oxygens (including phenoxy) is 1. The van der Waals surface area contributed by atoms with Crippen LogP contribution in [-0.4, -0.2) is 38.3 Å². The lowest BCUT2D eigenvalue weighted by Gasteiger charge is -2.27. The van der Waals surface area contributed by atoms with Gasteiger partial charge < -0.3 is 15.4 Å². The van der Waals surface area contributed by atoms with E-state index in [-0.39, 0.29) is 5.91 Å². The fraction of sp³-hybridized carbons (Fsp3) is 0.909. The van der Waals surface area contributed by atoms with Crippen molar-refractivity contribution in [3.63, 3.8) is 0 Å². The summed E-state index contributed by atoms with van der Waals surface area (Å²) in [6.07, 6.45) is 4.00. The molecule has 15 heavy (non-hydrogen) atoms. The minimum absolute atomic E-state index is 0.194. The highest BCUT2D eigenvalue weighted by Crippen LogP contribution is 2.14. The van der Waals surface area contributed by atoms with Crippen LogP contribution in [-0.2, 0) is 9.53 Å². The molecule has 0 radical (unpaired) electrons. The number of carbonyl (C=O) groups excluding carboxylic acids is 1. The van der Waals surface area contributed by atoms with Gasteiger partial charge in [-0.1, -0.05) is 0 Å². The van der Waals surface area contributed by atoms with Crippen LogP contribution in [0.25, 0.3) is 0 Å². The molecule has 4 nitrogen and oxygen atoms in total. The van der Waals surface area contributed by atoms with Crippen molar-refractivity contribution < 1.29 is 9.53 Å². The van der Waals surface area contributed by atoms with Crippen LogP contribution in [0.2, 0.25) is 0 Å². The predicted molar refractivity (Wildman–Crippen MR) is 57.6 cm³/mol. The summed E-state index contributed by atoms with van der Waals surface area (Å²) in [6.45, 7) is 3.69. The lowest BCUT2D eigenvalue weighted by Crippen LogP contribution is -2.47. The molecule has 0 saturated carbocycles. The maximum absolute atomic E-state index is 11.0. The quantitative estimate of drug-likeness (QED) is 0.706. The summed E-state index contributed by atoms with van der Waals surface area (Å²) in [7, 11) is 0. The van der Waals surface area contributed by atoms with Gasteiger partial charge in [-0.3, -0.25) is 4.79 Å². The Labute approximate surface area is 90.8 Å². The third kappa shape index (κ3) is 3.47. The molecule has 0 aromatic heterocycles. The zero-order chi connectivity index (χ0) is 10.5. The highest BCUT2D eigenvalue weighted by molar-refractivity contribution is 5.76. The van der Waals surface area contributed by atoms with Gasteiger partial charge in [0.15, 0.2) is 0 Å². The molecule has 2 aliphatic heterocycles. The van der Waals surface area contributed by atoms with Gasteiger partial charge in [-0.25, -0.2) is 0 Å². The maximum atomic E-state index is 11.0. The lowest BCUT2D eigenvalue weighted by atomic mass is 9.99. The summed E-state index contributed by atoms with van der Waals surface area (Å²) in [5.74, 6) is 0.954. The second-order valence-electron chi connectivity index (χ2n) is 4.50. The molecule has 2 rings (SSSR count). The van der Waals surface area contributed by atoms with E-state index in [4.69, 9.17) is 4.74 Å². The molecule has 86 valence electrons. The first-order valence-electron chi connectivity index (χ1n) is 5.92. The van der Waals surface area contributed by atoms with E-state index in [1.165, 1.54) is 12.8 Å². The van der Waals surface area contributed by atoms with Crippen molar-refractivity contribution in [3.8, 4) is 0 Å². The van der Waals surface area contributed by atoms with E-state index in [1.54, 1.807) is 0 Å². The molecule has 2 N–H and O–H groups in total. The average molecular weight is 212 g/mol. The van der Waals surface area contributed by atoms with E-state index in [1.807, 2.05) is 0 Å². The number of rotatable bonds is 3. The van der Waals surface area contributed by atoms with Crippen molar-refractivity contribution in [2.45, 2.75) is 31.7 Å². The monoisotopic (exact) mass is 212 g/mol. The molecule has 1 amide bonds. The van der Waals surface area contributed by atoms with E-state index < -0.39 is 0 Å². The van der Waals surface area contributed by atoms with Crippen molar-refractivity contribution >= 4 is 5.91 Å². The zero-order valence-electron chi connectivity index (χ0n) is 9.13. The zero-order valence-corrected chi connectivity index (χ0v) is 9.13. The summed E-state index contributed by atoms with van der Waals surface area (Å²) < 4.78 is 5.32. The van der Waals surface area contributed by atoms with Crippen molar-refractivity contribution in [2.75, 3.05) is 26.3 Å². The van der Waals surface area contributed by atoms with Crippen molar-refractivity contribution in [1.82, 2.24) is 10.6 Å². The number of carbonyl (C=O) groups is 1. The van der Waals surface area contributed by atoms with Gasteiger partial charge in [0.1, 0.15) is 0 Å². The number of piperidine rings is 1. The van der Waals surface area contributed by atoms with E-state index in [2.05, 4.69) is 10.6 Å². The Hall–Kier alpha value is -0.610. The van der Waals surface area contributed by atoms with Crippen LogP contribution in [0.4, 0.5) is 0 Å². The molecule has 2 saturated heterocycles. The van der Waals surface area contributed by atoms with Crippen molar-refractivity contribution in [2.24, 2.45) is 5.92 Å². The lowest BCUT2D eigenvalue weighted by molar-refractivity contribution is -0.122. The summed E-state index contributed by atoms with van der Waals surface area (Å²) in [6, 6.07) is 0.477. The van der Waals surface area contributed by atoms with E-state index >= 15 is 0 Å². The fourth-order valence-electron chi connectivity index (χ4n) is 2.19. The summed E-state index contributed by atoms with van der Waals surface area (Å²) in [5.41, 5.74) is 0. The summed E-state index contributed by atoms with van der Waals surface area (Å²) in [5, 5.41) is 6.44. The van der Waals surface area contributed by atoms with E-state index in [9.17, 15) is 4.79 Å². The van der Waals surface area contributed by atoms with Gasteiger partial charge in [-0.05, 0) is 31.7 Å². The summed E-state index contributed by atoms with van der Waals surface area (Å²) >= 11 is 0. The first kappa shape index (κ1) is 10.9. The highest BCUT2D eigenvalue weighted by atomic mass is 16.5. The first-order valence-corrected chi connectivity index (χ1v) is 5.92. The van der Waals surface area contributed by atoms with E-state index in [0.29, 0.717) is 12.5 Å². The van der Waals surface area contributed by atoms with Crippen LogP contribution in [0.3, 0.4) is 0 Å². The molecular formula is C11H20N2O2. The summed E-state index contributed by atoms with van der Waals surface area (Å²) in [4.78, 5) is 11.0. The number of amides is 1. The molecule has 2 heterocycles. The van der Waals surface area contributed by atoms with Crippen LogP contribution in [0.15, 0.2) is 0 Å². The SMILES string of the molecule is O=C1CCC(NCC2CCOCC2)CN1. The molecular weight excluding hydrogens is 192 g/mol. The Balaban J connectivity index is 1.62. The molecule has 2 fully saturated rings. The smallest absolute Gasteiger partial charge is 0.220 e. The normalized spacial score (nSPS) is 28.8. The molecule has 2 aliphatic rings. The van der Waals surface area contributed by atoms with Gasteiger partial charge in [0.2, 0.25) is 5.91 Å². The maximum Gasteiger partial charge on any atom is 0.220 e. The Morgan fingerprint density at radius 2 is 2.13 bits per heavy atom. The van der Waals surface area contributed by atoms with Crippen molar-refractivity contribution in [1.29, 1.82) is 0 Å². The largest absolute Gasteiger partial charge is 0.381 e. The molecule has 4 heteroatoms. The van der Waals surface area contributed by atoms with Gasteiger partial charge in [-0.15, -0.1) is 0 Å². The van der Waals surface area contributed by atoms with Gasteiger partial charge >= 0.3 is 0 Å². The molecule has 0 bridgehead atoms. The second-order valence-corrected chi connectivity index (χ2v) is 4.50. The topological polar surface area (TPSA) is 50.4 Å². The van der Waals surface area contributed by atoms with Gasteiger partial charge in [0.05, 0.1) is 0 Å². The first-order chi connectivity index (χ1) is 7.34. The van der Waals surface area contributed by atoms with Crippen LogP contribution in [0, 0.1) is 5.92 Å². The van der Waals surface area contributed by atoms with Crippen LogP contribution in [0.5, 0.6) is 0 Å². The Bertz CT molecular complexity index is 205. The van der Waals surface area contributed by atoms with Crippen LogP contribution < -0.4 is 10.6 Å². The average Bonchev–Trinajstić information content (AvgIpc) is 2.30. The van der Waals surface area contributed by atoms with Gasteiger partial charge in [-0.2, -0.15) is 0 Å². The third-order valence-electron chi connectivity index (χ3n) is 3.30. The molecule has 0 aromatic rings. The number of nitrogens with one attached hydrogen (secondary N) is 2. The van der Waals surface area contributed by atoms with Crippen LogP contribution >= 0.6 is 0 Å². The number of hydrogen-bond donors (Lipinski definition) is 2. The number of hydrogen-bond acceptors (Lipinski definition) is 3. The van der Waals surface area contributed by atoms with E-state index in [0.717, 1.165) is 38.6 Å². The Kier molecular flexibility index (Phi) is 3.97. The fourth-order valence-corrected chi connectivity index (χ4v) is 2.19. The van der Waals surface area contributed by atoms with Gasteiger partial charge in [0.25, 0.3) is 0 Å². The van der Waals surface area contributed by atoms with Crippen LogP contribution in [0.1, 0.15) is 25.7 Å². The molecule has 0 aliphatic carbocycles. The molecule has 1 unspecified atom stereocenters. The third-order valence-corrected chi connectivity index (χ3v) is 3.30. The van der Waals surface area contributed by atoms with Gasteiger partial charge in [0, 0.05) is 32.2 Å². The molecule has 0 aromatic carbocycles. The predicted octanol–water partition coefficient (Wildman–Crippen LogP) is 0.281. The molecule has 0 spiro atoms. The Morgan fingerprint density at radius 1 is 1.33 bits per heavy atom. The molecule has 1 atom stereocenters. The highest BCUT2D eigenvalue weighted by Gasteiger charge is 2.19. The minimum atomic E-state index is 0.194. The Morgan fingerprint density at radius 3 is 2.80 bits per heavy atom. The second kappa shape index (κ2) is 5.47. The van der Waals surface area contributed by atoms with Crippen molar-refractivity contribution in [3.05, 3.63) is 0 Å². The standard InChI is InChI=1S/C11H20N2O2/c14-11-2-1-10(8-13-11)12-7-9-3-5-15-6-4-9/h9-10,12H,1-8H2,(H,13,14). The minimum Gasteiger partial charge on any atom is -0.381 e.